The first kappa shape index (κ1) is 9.35. The van der Waals surface area contributed by atoms with Crippen molar-refractivity contribution >= 4 is 5.97 Å². The summed E-state index contributed by atoms with van der Waals surface area (Å²) in [6.45, 7) is 4.30. The molecule has 0 saturated heterocycles. The van der Waals surface area contributed by atoms with Gasteiger partial charge in [-0.2, -0.15) is 0 Å². The molecule has 5 nitrogen and oxygen atoms in total. The van der Waals surface area contributed by atoms with Gasteiger partial charge in [-0.05, 0) is 13.5 Å². The molecular weight excluding hydrogens is 150 g/mol. The Balaban J connectivity index is 4.44. The second-order valence-corrected chi connectivity index (χ2v) is 1.88. The van der Waals surface area contributed by atoms with Crippen molar-refractivity contribution in [2.75, 3.05) is 0 Å². The van der Waals surface area contributed by atoms with E-state index in [4.69, 9.17) is 5.11 Å². The summed E-state index contributed by atoms with van der Waals surface area (Å²) in [5.74, 6) is -1.19. The first-order valence-corrected chi connectivity index (χ1v) is 2.70. The van der Waals surface area contributed by atoms with Crippen molar-refractivity contribution in [3.8, 4) is 0 Å². The van der Waals surface area contributed by atoms with Crippen LogP contribution in [0.1, 0.15) is 6.92 Å². The third-order valence-electron chi connectivity index (χ3n) is 0.955. The smallest absolute Gasteiger partial charge is 0.331 e. The van der Waals surface area contributed by atoms with Crippen LogP contribution in [-0.4, -0.2) is 16.0 Å². The molecule has 0 aromatic carbocycles. The third kappa shape index (κ3) is 3.14. The van der Waals surface area contributed by atoms with Gasteiger partial charge in [0.15, 0.2) is 0 Å². The van der Waals surface area contributed by atoms with E-state index >= 15 is 0 Å². The van der Waals surface area contributed by atoms with Crippen LogP contribution in [0.4, 0.5) is 0 Å². The van der Waals surface area contributed by atoms with Crippen molar-refractivity contribution in [2.45, 2.75) is 6.92 Å². The van der Waals surface area contributed by atoms with E-state index in [9.17, 15) is 14.9 Å². The van der Waals surface area contributed by atoms with E-state index in [1.54, 1.807) is 0 Å². The molecule has 0 bridgehead atoms. The lowest BCUT2D eigenvalue weighted by Gasteiger charge is -1.90. The largest absolute Gasteiger partial charge is 0.478 e. The number of rotatable bonds is 3. The second kappa shape index (κ2) is 3.50. The molecule has 0 unspecified atom stereocenters. The van der Waals surface area contributed by atoms with Crippen LogP contribution in [0.3, 0.4) is 0 Å². The second-order valence-electron chi connectivity index (χ2n) is 1.88. The van der Waals surface area contributed by atoms with Gasteiger partial charge < -0.3 is 5.11 Å². The number of carboxylic acids is 1. The molecule has 0 aromatic rings. The molecule has 0 amide bonds. The molecule has 5 heteroatoms. The number of nitro groups is 1. The molecule has 0 aliphatic heterocycles. The molecule has 0 atom stereocenters. The molecule has 0 heterocycles. The molecule has 0 aliphatic rings. The monoisotopic (exact) mass is 157 g/mol. The van der Waals surface area contributed by atoms with E-state index in [0.717, 1.165) is 6.08 Å². The van der Waals surface area contributed by atoms with Gasteiger partial charge in [0.1, 0.15) is 0 Å². The Kier molecular flexibility index (Phi) is 2.98. The van der Waals surface area contributed by atoms with E-state index in [-0.39, 0.29) is 5.57 Å². The molecule has 1 N–H and O–H groups in total. The normalized spacial score (nSPS) is 10.8. The highest BCUT2D eigenvalue weighted by molar-refractivity contribution is 5.86. The van der Waals surface area contributed by atoms with Gasteiger partial charge in [0.25, 0.3) is 5.70 Å². The highest BCUT2D eigenvalue weighted by Gasteiger charge is 2.06. The maximum Gasteiger partial charge on any atom is 0.331 e. The number of hydrogen-bond acceptors (Lipinski definition) is 3. The summed E-state index contributed by atoms with van der Waals surface area (Å²) in [4.78, 5) is 19.3. The van der Waals surface area contributed by atoms with Gasteiger partial charge >= 0.3 is 5.97 Å². The Morgan fingerprint density at radius 1 is 1.73 bits per heavy atom. The van der Waals surface area contributed by atoms with Gasteiger partial charge in [0.2, 0.25) is 0 Å². The van der Waals surface area contributed by atoms with Gasteiger partial charge in [0, 0.05) is 11.6 Å². The van der Waals surface area contributed by atoms with E-state index < -0.39 is 16.6 Å². The molecule has 11 heavy (non-hydrogen) atoms. The Labute approximate surface area is 62.8 Å². The Hall–Kier alpha value is -1.65. The summed E-state index contributed by atoms with van der Waals surface area (Å²) in [5.41, 5.74) is -0.531. The maximum absolute atomic E-state index is 10.1. The van der Waals surface area contributed by atoms with E-state index in [2.05, 4.69) is 6.58 Å². The molecule has 0 rings (SSSR count). The van der Waals surface area contributed by atoms with Crippen molar-refractivity contribution < 1.29 is 14.8 Å². The van der Waals surface area contributed by atoms with Crippen LogP contribution in [0.2, 0.25) is 0 Å². The van der Waals surface area contributed by atoms with Crippen LogP contribution in [0.15, 0.2) is 23.9 Å². The van der Waals surface area contributed by atoms with Crippen molar-refractivity contribution in [3.63, 3.8) is 0 Å². The van der Waals surface area contributed by atoms with Crippen molar-refractivity contribution in [1.82, 2.24) is 0 Å². The van der Waals surface area contributed by atoms with Crippen molar-refractivity contribution in [3.05, 3.63) is 34.0 Å². The van der Waals surface area contributed by atoms with Crippen molar-refractivity contribution in [1.29, 1.82) is 0 Å². The number of aliphatic carboxylic acids is 1. The zero-order chi connectivity index (χ0) is 9.02. The quantitative estimate of drug-likeness (QED) is 0.284. The fourth-order valence-corrected chi connectivity index (χ4v) is 0.364. The van der Waals surface area contributed by atoms with Gasteiger partial charge in [0.05, 0.1) is 4.92 Å². The molecule has 0 saturated carbocycles. The zero-order valence-electron chi connectivity index (χ0n) is 5.90. The topological polar surface area (TPSA) is 80.4 Å². The van der Waals surface area contributed by atoms with E-state index in [1.807, 2.05) is 0 Å². The summed E-state index contributed by atoms with van der Waals surface area (Å²) in [6.07, 6.45) is 0.905. The molecular formula is C6H7NO4. The summed E-state index contributed by atoms with van der Waals surface area (Å²) >= 11 is 0. The lowest BCUT2D eigenvalue weighted by molar-refractivity contribution is -0.418. The van der Waals surface area contributed by atoms with Gasteiger partial charge in [-0.15, -0.1) is 0 Å². The Bertz CT molecular complexity index is 241. The zero-order valence-corrected chi connectivity index (χ0v) is 5.90. The molecule has 0 fully saturated rings. The number of carboxylic acid groups (broad SMARTS) is 1. The fourth-order valence-electron chi connectivity index (χ4n) is 0.364. The van der Waals surface area contributed by atoms with Crippen LogP contribution in [0.5, 0.6) is 0 Å². The molecule has 0 aromatic heterocycles. The summed E-state index contributed by atoms with van der Waals surface area (Å²) < 4.78 is 0. The minimum absolute atomic E-state index is 0.105. The average molecular weight is 157 g/mol. The van der Waals surface area contributed by atoms with Gasteiger partial charge in [-0.25, -0.2) is 4.79 Å². The minimum Gasteiger partial charge on any atom is -0.478 e. The average Bonchev–Trinajstić information content (AvgIpc) is 1.87. The molecule has 0 radical (unpaired) electrons. The first-order chi connectivity index (χ1) is 4.95. The predicted octanol–water partition coefficient (Wildman–Crippen LogP) is 0.808. The Morgan fingerprint density at radius 3 is 2.45 bits per heavy atom. The fraction of sp³-hybridized carbons (Fsp3) is 0.167. The lowest BCUT2D eigenvalue weighted by atomic mass is 10.2. The summed E-state index contributed by atoms with van der Waals surface area (Å²) in [5, 5.41) is 18.2. The number of allylic oxidation sites excluding steroid dienone is 1. The number of hydrogen-bond donors (Lipinski definition) is 1. The number of carbonyl (C=O) groups is 1. The minimum atomic E-state index is -1.19. The maximum atomic E-state index is 10.1. The highest BCUT2D eigenvalue weighted by atomic mass is 16.6. The first-order valence-electron chi connectivity index (χ1n) is 2.70. The van der Waals surface area contributed by atoms with Crippen LogP contribution in [-0.2, 0) is 4.79 Å². The SMILES string of the molecule is C=C(C=C(C)C(=O)O)[N+](=O)[O-]. The van der Waals surface area contributed by atoms with Crippen molar-refractivity contribution in [2.24, 2.45) is 0 Å². The summed E-state index contributed by atoms with van der Waals surface area (Å²) in [7, 11) is 0. The van der Waals surface area contributed by atoms with E-state index in [1.165, 1.54) is 6.92 Å². The number of nitrogens with zero attached hydrogens (tertiary/aromatic N) is 1. The van der Waals surface area contributed by atoms with Crippen LogP contribution < -0.4 is 0 Å². The molecule has 60 valence electrons. The van der Waals surface area contributed by atoms with Gasteiger partial charge in [-0.3, -0.25) is 10.1 Å². The predicted molar refractivity (Wildman–Crippen MR) is 37.5 cm³/mol. The van der Waals surface area contributed by atoms with Crippen LogP contribution in [0, 0.1) is 10.1 Å². The molecule has 0 aliphatic carbocycles. The standard InChI is InChI=1S/C6H7NO4/c1-4(6(8)9)3-5(2)7(10)11/h3H,2H2,1H3,(H,8,9). The summed E-state index contributed by atoms with van der Waals surface area (Å²) in [6, 6.07) is 0. The Morgan fingerprint density at radius 2 is 2.18 bits per heavy atom. The van der Waals surface area contributed by atoms with Gasteiger partial charge in [-0.1, -0.05) is 0 Å². The van der Waals surface area contributed by atoms with Crippen LogP contribution in [0.25, 0.3) is 0 Å². The highest BCUT2D eigenvalue weighted by Crippen LogP contribution is 2.00. The lowest BCUT2D eigenvalue weighted by Crippen LogP contribution is -2.00. The van der Waals surface area contributed by atoms with E-state index in [0.29, 0.717) is 0 Å². The van der Waals surface area contributed by atoms with Crippen LogP contribution >= 0.6 is 0 Å². The molecule has 0 spiro atoms. The third-order valence-corrected chi connectivity index (χ3v) is 0.955.